The van der Waals surface area contributed by atoms with Crippen molar-refractivity contribution in [2.75, 3.05) is 7.11 Å². The molecule has 0 fully saturated rings. The zero-order chi connectivity index (χ0) is 15.4. The van der Waals surface area contributed by atoms with Gasteiger partial charge in [-0.15, -0.1) is 0 Å². The Morgan fingerprint density at radius 3 is 2.62 bits per heavy atom. The van der Waals surface area contributed by atoms with Crippen LogP contribution < -0.4 is 16.0 Å². The quantitative estimate of drug-likeness (QED) is 0.656. The Morgan fingerprint density at radius 1 is 1.29 bits per heavy atom. The van der Waals surface area contributed by atoms with Gasteiger partial charge in [-0.25, -0.2) is 4.39 Å². The van der Waals surface area contributed by atoms with E-state index in [2.05, 4.69) is 5.43 Å². The molecule has 0 aliphatic rings. The summed E-state index contributed by atoms with van der Waals surface area (Å²) >= 11 is 6.23. The van der Waals surface area contributed by atoms with Crippen LogP contribution in [-0.2, 0) is 6.42 Å². The van der Waals surface area contributed by atoms with Gasteiger partial charge in [-0.05, 0) is 48.2 Å². The molecular weight excluding hydrogens is 291 g/mol. The van der Waals surface area contributed by atoms with Crippen LogP contribution >= 0.6 is 11.6 Å². The van der Waals surface area contributed by atoms with Gasteiger partial charge in [-0.3, -0.25) is 11.3 Å². The molecule has 2 rings (SSSR count). The monoisotopic (exact) mass is 308 g/mol. The largest absolute Gasteiger partial charge is 0.494 e. The average molecular weight is 309 g/mol. The van der Waals surface area contributed by atoms with Crippen LogP contribution in [-0.4, -0.2) is 7.11 Å². The maximum atomic E-state index is 13.8. The Kier molecular flexibility index (Phi) is 5.17. The fourth-order valence-electron chi connectivity index (χ4n) is 2.21. The van der Waals surface area contributed by atoms with E-state index in [1.54, 1.807) is 12.1 Å². The number of hydrogen-bond acceptors (Lipinski definition) is 3. The van der Waals surface area contributed by atoms with Gasteiger partial charge in [-0.2, -0.15) is 0 Å². The lowest BCUT2D eigenvalue weighted by Gasteiger charge is -2.18. The Labute approximate surface area is 128 Å². The summed E-state index contributed by atoms with van der Waals surface area (Å²) in [6.07, 6.45) is 0.571. The second-order valence-electron chi connectivity index (χ2n) is 4.91. The first kappa shape index (κ1) is 15.8. The maximum Gasteiger partial charge on any atom is 0.165 e. The number of halogens is 2. The maximum absolute atomic E-state index is 13.8. The summed E-state index contributed by atoms with van der Waals surface area (Å²) in [5, 5.41) is 0.684. The van der Waals surface area contributed by atoms with Gasteiger partial charge in [-0.1, -0.05) is 29.8 Å². The molecule has 1 unspecified atom stereocenters. The molecule has 2 aromatic carbocycles. The number of ether oxygens (including phenoxy) is 1. The van der Waals surface area contributed by atoms with Gasteiger partial charge in [0.15, 0.2) is 11.6 Å². The molecule has 3 nitrogen and oxygen atoms in total. The minimum atomic E-state index is -0.412. The molecule has 0 saturated heterocycles. The summed E-state index contributed by atoms with van der Waals surface area (Å²) in [5.74, 6) is 5.41. The molecule has 3 N–H and O–H groups in total. The van der Waals surface area contributed by atoms with E-state index in [1.165, 1.54) is 13.2 Å². The van der Waals surface area contributed by atoms with E-state index in [1.807, 2.05) is 25.1 Å². The molecular formula is C16H18ClFN2O. The first-order valence-electron chi connectivity index (χ1n) is 6.59. The first-order valence-corrected chi connectivity index (χ1v) is 6.97. The van der Waals surface area contributed by atoms with Crippen molar-refractivity contribution in [3.8, 4) is 5.75 Å². The molecule has 0 spiro atoms. The van der Waals surface area contributed by atoms with E-state index in [-0.39, 0.29) is 11.8 Å². The van der Waals surface area contributed by atoms with Crippen molar-refractivity contribution in [1.29, 1.82) is 0 Å². The zero-order valence-corrected chi connectivity index (χ0v) is 12.7. The number of nitrogens with two attached hydrogens (primary N) is 1. The number of hydrogen-bond donors (Lipinski definition) is 2. The predicted octanol–water partition coefficient (Wildman–Crippen LogP) is 3.54. The highest BCUT2D eigenvalue weighted by Crippen LogP contribution is 2.26. The summed E-state index contributed by atoms with van der Waals surface area (Å²) < 4.78 is 18.7. The van der Waals surface area contributed by atoms with Crippen molar-refractivity contribution < 1.29 is 9.13 Å². The van der Waals surface area contributed by atoms with Gasteiger partial charge < -0.3 is 4.74 Å². The van der Waals surface area contributed by atoms with E-state index in [0.29, 0.717) is 11.4 Å². The zero-order valence-electron chi connectivity index (χ0n) is 12.0. The van der Waals surface area contributed by atoms with E-state index >= 15 is 0 Å². The first-order chi connectivity index (χ1) is 10.0. The van der Waals surface area contributed by atoms with Crippen LogP contribution in [0.5, 0.6) is 5.75 Å². The van der Waals surface area contributed by atoms with Gasteiger partial charge >= 0.3 is 0 Å². The number of methoxy groups -OCH3 is 1. The van der Waals surface area contributed by atoms with Crippen LogP contribution in [0.3, 0.4) is 0 Å². The molecule has 112 valence electrons. The normalized spacial score (nSPS) is 12.2. The lowest BCUT2D eigenvalue weighted by Crippen LogP contribution is -2.29. The van der Waals surface area contributed by atoms with Crippen molar-refractivity contribution in [2.45, 2.75) is 19.4 Å². The molecule has 0 radical (unpaired) electrons. The molecule has 2 aromatic rings. The van der Waals surface area contributed by atoms with Crippen LogP contribution in [0.4, 0.5) is 4.39 Å². The van der Waals surface area contributed by atoms with Crippen molar-refractivity contribution >= 4 is 11.6 Å². The smallest absolute Gasteiger partial charge is 0.165 e. The summed E-state index contributed by atoms with van der Waals surface area (Å²) in [4.78, 5) is 0. The van der Waals surface area contributed by atoms with Crippen molar-refractivity contribution in [1.82, 2.24) is 5.43 Å². The summed E-state index contributed by atoms with van der Waals surface area (Å²) in [6.45, 7) is 1.98. The van der Waals surface area contributed by atoms with Gasteiger partial charge in [0.1, 0.15) is 0 Å². The molecule has 0 heterocycles. The highest BCUT2D eigenvalue weighted by atomic mass is 35.5. The third-order valence-electron chi connectivity index (χ3n) is 3.41. The number of hydrazine groups is 1. The van der Waals surface area contributed by atoms with E-state index < -0.39 is 5.82 Å². The van der Waals surface area contributed by atoms with Crippen molar-refractivity contribution in [3.63, 3.8) is 0 Å². The number of nitrogens with one attached hydrogen (secondary N) is 1. The van der Waals surface area contributed by atoms with Crippen LogP contribution in [0.15, 0.2) is 36.4 Å². The Balaban J connectivity index is 2.25. The third-order valence-corrected chi connectivity index (χ3v) is 3.76. The SMILES string of the molecule is COc1ccc(C(Cc2ccc(C)cc2Cl)NN)cc1F. The predicted molar refractivity (Wildman–Crippen MR) is 82.9 cm³/mol. The summed E-state index contributed by atoms with van der Waals surface area (Å²) in [5.41, 5.74) is 5.50. The van der Waals surface area contributed by atoms with Crippen LogP contribution in [0, 0.1) is 12.7 Å². The average Bonchev–Trinajstić information content (AvgIpc) is 2.46. The standard InChI is InChI=1S/C16H18ClFN2O/c1-10-3-4-11(13(17)7-10)9-15(20-19)12-5-6-16(21-2)14(18)8-12/h3-8,15,20H,9,19H2,1-2H3. The van der Waals surface area contributed by atoms with Gasteiger partial charge in [0.05, 0.1) is 13.2 Å². The highest BCUT2D eigenvalue weighted by Gasteiger charge is 2.15. The topological polar surface area (TPSA) is 47.3 Å². The number of aryl methyl sites for hydroxylation is 1. The summed E-state index contributed by atoms with van der Waals surface area (Å²) in [6, 6.07) is 10.4. The number of rotatable bonds is 5. The Bertz CT molecular complexity index is 634. The molecule has 0 amide bonds. The van der Waals surface area contributed by atoms with Crippen molar-refractivity contribution in [2.24, 2.45) is 5.84 Å². The molecule has 1 atom stereocenters. The lowest BCUT2D eigenvalue weighted by molar-refractivity contribution is 0.385. The van der Waals surface area contributed by atoms with E-state index in [9.17, 15) is 4.39 Å². The highest BCUT2D eigenvalue weighted by molar-refractivity contribution is 6.31. The fourth-order valence-corrected chi connectivity index (χ4v) is 2.52. The van der Waals surface area contributed by atoms with Crippen molar-refractivity contribution in [3.05, 3.63) is 63.9 Å². The fraction of sp³-hybridized carbons (Fsp3) is 0.250. The third kappa shape index (κ3) is 3.73. The minimum Gasteiger partial charge on any atom is -0.494 e. The van der Waals surface area contributed by atoms with Crippen LogP contribution in [0.2, 0.25) is 5.02 Å². The van der Waals surface area contributed by atoms with Gasteiger partial charge in [0, 0.05) is 5.02 Å². The minimum absolute atomic E-state index is 0.211. The van der Waals surface area contributed by atoms with Gasteiger partial charge in [0.2, 0.25) is 0 Å². The molecule has 0 aliphatic carbocycles. The van der Waals surface area contributed by atoms with E-state index in [4.69, 9.17) is 22.2 Å². The second-order valence-corrected chi connectivity index (χ2v) is 5.32. The van der Waals surface area contributed by atoms with E-state index in [0.717, 1.165) is 16.7 Å². The van der Waals surface area contributed by atoms with Crippen LogP contribution in [0.1, 0.15) is 22.7 Å². The van der Waals surface area contributed by atoms with Crippen LogP contribution in [0.25, 0.3) is 0 Å². The Hall–Kier alpha value is -1.62. The second kappa shape index (κ2) is 6.89. The molecule has 5 heteroatoms. The molecule has 0 bridgehead atoms. The molecule has 0 aliphatic heterocycles. The molecule has 0 aromatic heterocycles. The summed E-state index contributed by atoms with van der Waals surface area (Å²) in [7, 11) is 1.43. The lowest BCUT2D eigenvalue weighted by atomic mass is 9.98. The Morgan fingerprint density at radius 2 is 2.05 bits per heavy atom. The van der Waals surface area contributed by atoms with Gasteiger partial charge in [0.25, 0.3) is 0 Å². The molecule has 21 heavy (non-hydrogen) atoms. The number of benzene rings is 2. The molecule has 0 saturated carbocycles.